The van der Waals surface area contributed by atoms with Crippen LogP contribution in [0.5, 0.6) is 5.75 Å². The first-order chi connectivity index (χ1) is 15.5. The topological polar surface area (TPSA) is 69.7 Å². The lowest BCUT2D eigenvalue weighted by molar-refractivity contribution is -0.117. The Morgan fingerprint density at radius 2 is 1.50 bits per heavy atom. The summed E-state index contributed by atoms with van der Waals surface area (Å²) < 4.78 is 11.6. The van der Waals surface area contributed by atoms with E-state index in [0.29, 0.717) is 48.1 Å². The number of carbonyl (C=O) groups is 3. The Labute approximate surface area is 186 Å². The number of ether oxygens (including phenoxy) is 2. The van der Waals surface area contributed by atoms with Gasteiger partial charge in [0.1, 0.15) is 17.3 Å². The molecule has 3 aliphatic rings. The van der Waals surface area contributed by atoms with Crippen molar-refractivity contribution in [3.05, 3.63) is 87.9 Å². The summed E-state index contributed by atoms with van der Waals surface area (Å²) in [5, 5.41) is 0. The van der Waals surface area contributed by atoms with Crippen LogP contribution in [0.2, 0.25) is 0 Å². The second kappa shape index (κ2) is 8.23. The smallest absolute Gasteiger partial charge is 0.343 e. The molecule has 0 atom stereocenters. The summed E-state index contributed by atoms with van der Waals surface area (Å²) in [6.45, 7) is 1.92. The summed E-state index contributed by atoms with van der Waals surface area (Å²) in [4.78, 5) is 38.2. The van der Waals surface area contributed by atoms with Crippen LogP contribution in [0.1, 0.15) is 65.9 Å². The fraction of sp³-hybridized carbons (Fsp3) is 0.296. The minimum Gasteiger partial charge on any atom is -0.465 e. The van der Waals surface area contributed by atoms with Gasteiger partial charge in [-0.15, -0.1) is 0 Å². The highest BCUT2D eigenvalue weighted by Gasteiger charge is 2.41. The zero-order valence-electron chi connectivity index (χ0n) is 18.0. The van der Waals surface area contributed by atoms with Gasteiger partial charge < -0.3 is 9.47 Å². The Morgan fingerprint density at radius 1 is 0.875 bits per heavy atom. The van der Waals surface area contributed by atoms with Gasteiger partial charge in [0.25, 0.3) is 0 Å². The van der Waals surface area contributed by atoms with E-state index in [1.807, 2.05) is 31.2 Å². The summed E-state index contributed by atoms with van der Waals surface area (Å²) in [6.07, 6.45) is 3.93. The minimum absolute atomic E-state index is 0.0520. The molecule has 0 fully saturated rings. The monoisotopic (exact) mass is 428 g/mol. The summed E-state index contributed by atoms with van der Waals surface area (Å²) in [5.74, 6) is 1.13. The first-order valence-electron chi connectivity index (χ1n) is 11.1. The molecular weight excluding hydrogens is 404 g/mol. The molecule has 0 aromatic heterocycles. The molecule has 5 nitrogen and oxygen atoms in total. The first-order valence-corrected chi connectivity index (χ1v) is 11.1. The second-order valence-corrected chi connectivity index (χ2v) is 8.59. The molecule has 2 aromatic rings. The van der Waals surface area contributed by atoms with Gasteiger partial charge in [-0.3, -0.25) is 9.59 Å². The predicted octanol–water partition coefficient (Wildman–Crippen LogP) is 5.34. The van der Waals surface area contributed by atoms with Crippen LogP contribution in [0.3, 0.4) is 0 Å². The van der Waals surface area contributed by atoms with E-state index in [-0.39, 0.29) is 11.6 Å². The average Bonchev–Trinajstić information content (AvgIpc) is 2.79. The molecule has 32 heavy (non-hydrogen) atoms. The van der Waals surface area contributed by atoms with Crippen LogP contribution in [0, 0.1) is 6.92 Å². The average molecular weight is 428 g/mol. The molecule has 0 radical (unpaired) electrons. The number of hydrogen-bond donors (Lipinski definition) is 0. The molecule has 0 saturated heterocycles. The van der Waals surface area contributed by atoms with E-state index in [0.717, 1.165) is 35.5 Å². The molecule has 2 aromatic carbocycles. The van der Waals surface area contributed by atoms with Gasteiger partial charge in [0, 0.05) is 42.7 Å². The first kappa shape index (κ1) is 20.4. The van der Waals surface area contributed by atoms with Crippen molar-refractivity contribution in [3.63, 3.8) is 0 Å². The van der Waals surface area contributed by atoms with Crippen molar-refractivity contribution in [1.29, 1.82) is 0 Å². The van der Waals surface area contributed by atoms with Gasteiger partial charge in [-0.05, 0) is 49.6 Å². The molecule has 0 bridgehead atoms. The van der Waals surface area contributed by atoms with Crippen LogP contribution in [-0.4, -0.2) is 17.5 Å². The number of ketones is 2. The van der Waals surface area contributed by atoms with Crippen molar-refractivity contribution in [2.24, 2.45) is 0 Å². The molecule has 1 aliphatic heterocycles. The van der Waals surface area contributed by atoms with Gasteiger partial charge in [-0.1, -0.05) is 29.8 Å². The predicted molar refractivity (Wildman–Crippen MR) is 118 cm³/mol. The fourth-order valence-electron chi connectivity index (χ4n) is 4.82. The summed E-state index contributed by atoms with van der Waals surface area (Å²) in [5.41, 5.74) is 3.55. The number of allylic oxidation sites excluding steroid dienone is 4. The third-order valence-electron chi connectivity index (χ3n) is 6.32. The molecular formula is C27H24O5. The molecule has 0 unspecified atom stereocenters. The highest BCUT2D eigenvalue weighted by atomic mass is 16.5. The minimum atomic E-state index is -0.424. The van der Waals surface area contributed by atoms with Crippen LogP contribution >= 0.6 is 0 Å². The Morgan fingerprint density at radius 3 is 2.09 bits per heavy atom. The standard InChI is InChI=1S/C27H24O5/c1-16-5-2-6-18(15-16)27(30)31-19-13-11-17(12-14-19)24-25-20(28)7-3-9-22(25)32-23-10-4-8-21(29)26(23)24/h2,5-6,11-15,24H,3-4,7-10H2,1H3. The van der Waals surface area contributed by atoms with Gasteiger partial charge in [-0.2, -0.15) is 0 Å². The van der Waals surface area contributed by atoms with Gasteiger partial charge in [0.15, 0.2) is 11.6 Å². The van der Waals surface area contributed by atoms with Crippen LogP contribution in [0.15, 0.2) is 71.2 Å². The van der Waals surface area contributed by atoms with Crippen molar-refractivity contribution in [2.45, 2.75) is 51.4 Å². The SMILES string of the molecule is Cc1cccc(C(=O)Oc2ccc(C3C4=C(CCCC4=O)OC4=C3C(=O)CCC4)cc2)c1. The maximum Gasteiger partial charge on any atom is 0.343 e. The van der Waals surface area contributed by atoms with Gasteiger partial charge in [0.2, 0.25) is 0 Å². The number of hydrogen-bond acceptors (Lipinski definition) is 5. The molecule has 5 heteroatoms. The third kappa shape index (κ3) is 3.68. The normalized spacial score (nSPS) is 18.8. The van der Waals surface area contributed by atoms with Crippen LogP contribution in [0.4, 0.5) is 0 Å². The van der Waals surface area contributed by atoms with Gasteiger partial charge in [0.05, 0.1) is 5.56 Å². The van der Waals surface area contributed by atoms with Crippen molar-refractivity contribution < 1.29 is 23.9 Å². The number of carbonyl (C=O) groups excluding carboxylic acids is 3. The number of esters is 1. The zero-order valence-corrected chi connectivity index (χ0v) is 18.0. The molecule has 5 rings (SSSR count). The quantitative estimate of drug-likeness (QED) is 0.487. The summed E-state index contributed by atoms with van der Waals surface area (Å²) in [6, 6.07) is 14.4. The Balaban J connectivity index is 1.47. The van der Waals surface area contributed by atoms with Crippen molar-refractivity contribution in [2.75, 3.05) is 0 Å². The molecule has 1 heterocycles. The lowest BCUT2D eigenvalue weighted by Crippen LogP contribution is -2.30. The molecule has 0 spiro atoms. The Bertz CT molecular complexity index is 1140. The van der Waals surface area contributed by atoms with Crippen molar-refractivity contribution in [1.82, 2.24) is 0 Å². The fourth-order valence-corrected chi connectivity index (χ4v) is 4.82. The highest BCUT2D eigenvalue weighted by Crippen LogP contribution is 2.47. The van der Waals surface area contributed by atoms with E-state index in [4.69, 9.17) is 9.47 Å². The van der Waals surface area contributed by atoms with E-state index < -0.39 is 11.9 Å². The molecule has 2 aliphatic carbocycles. The Hall–Kier alpha value is -3.47. The maximum absolute atomic E-state index is 12.8. The number of Topliss-reactive ketones (excluding diaryl/α,β-unsaturated/α-hetero) is 2. The largest absolute Gasteiger partial charge is 0.465 e. The van der Waals surface area contributed by atoms with Gasteiger partial charge in [-0.25, -0.2) is 4.79 Å². The molecule has 162 valence electrons. The van der Waals surface area contributed by atoms with Crippen LogP contribution in [0.25, 0.3) is 0 Å². The number of benzene rings is 2. The van der Waals surface area contributed by atoms with Crippen molar-refractivity contribution >= 4 is 17.5 Å². The second-order valence-electron chi connectivity index (χ2n) is 8.59. The Kier molecular flexibility index (Phi) is 5.25. The lowest BCUT2D eigenvalue weighted by Gasteiger charge is -2.36. The van der Waals surface area contributed by atoms with Gasteiger partial charge >= 0.3 is 5.97 Å². The number of rotatable bonds is 3. The van der Waals surface area contributed by atoms with E-state index in [1.165, 1.54) is 0 Å². The van der Waals surface area contributed by atoms with Crippen LogP contribution in [-0.2, 0) is 14.3 Å². The lowest BCUT2D eigenvalue weighted by atomic mass is 9.73. The molecule has 0 N–H and O–H groups in total. The van der Waals surface area contributed by atoms with Crippen LogP contribution < -0.4 is 4.74 Å². The van der Waals surface area contributed by atoms with E-state index in [9.17, 15) is 14.4 Å². The zero-order chi connectivity index (χ0) is 22.2. The van der Waals surface area contributed by atoms with E-state index in [2.05, 4.69) is 0 Å². The number of aryl methyl sites for hydroxylation is 1. The highest BCUT2D eigenvalue weighted by molar-refractivity contribution is 6.05. The third-order valence-corrected chi connectivity index (χ3v) is 6.32. The van der Waals surface area contributed by atoms with E-state index in [1.54, 1.807) is 24.3 Å². The van der Waals surface area contributed by atoms with E-state index >= 15 is 0 Å². The summed E-state index contributed by atoms with van der Waals surface area (Å²) in [7, 11) is 0. The maximum atomic E-state index is 12.8. The van der Waals surface area contributed by atoms with Crippen molar-refractivity contribution in [3.8, 4) is 5.75 Å². The molecule has 0 saturated carbocycles. The summed E-state index contributed by atoms with van der Waals surface area (Å²) >= 11 is 0. The molecule has 0 amide bonds.